The largest absolute Gasteiger partial charge is 0.331 e. The Hall–Kier alpha value is -3.23. The predicted octanol–water partition coefficient (Wildman–Crippen LogP) is -0.382. The van der Waals surface area contributed by atoms with Gasteiger partial charge in [-0.15, -0.1) is 0 Å². The lowest BCUT2D eigenvalue weighted by Crippen LogP contribution is -2.40. The standard InChI is InChI=1S/C14H14N6O3/c1-18-11(7-12(21)19(2)14(18)23)13(22)15-8-4-5-9-10(6-8)17-20(3)16-9/h4-7H,1-3H3,(H,15,22). The molecule has 23 heavy (non-hydrogen) atoms. The first-order valence-corrected chi connectivity index (χ1v) is 6.76. The highest BCUT2D eigenvalue weighted by molar-refractivity contribution is 6.03. The number of fused-ring (bicyclic) bond motifs is 1. The SMILES string of the molecule is Cn1nc2ccc(NC(=O)c3cc(=O)n(C)c(=O)n3C)cc2n1. The molecule has 0 aliphatic carbocycles. The van der Waals surface area contributed by atoms with Gasteiger partial charge in [0, 0.05) is 32.9 Å². The number of anilines is 1. The number of nitrogens with zero attached hydrogens (tertiary/aromatic N) is 5. The molecule has 9 heteroatoms. The highest BCUT2D eigenvalue weighted by Crippen LogP contribution is 2.16. The van der Waals surface area contributed by atoms with E-state index >= 15 is 0 Å². The minimum Gasteiger partial charge on any atom is -0.321 e. The molecule has 0 saturated carbocycles. The van der Waals surface area contributed by atoms with Crippen molar-refractivity contribution in [3.63, 3.8) is 0 Å². The summed E-state index contributed by atoms with van der Waals surface area (Å²) in [7, 11) is 4.49. The number of hydrogen-bond acceptors (Lipinski definition) is 5. The van der Waals surface area contributed by atoms with Gasteiger partial charge in [-0.25, -0.2) is 4.79 Å². The van der Waals surface area contributed by atoms with Gasteiger partial charge in [0.2, 0.25) is 0 Å². The molecule has 3 aromatic rings. The van der Waals surface area contributed by atoms with E-state index in [1.54, 1.807) is 25.2 Å². The molecular weight excluding hydrogens is 300 g/mol. The number of amides is 1. The summed E-state index contributed by atoms with van der Waals surface area (Å²) in [4.78, 5) is 37.3. The zero-order valence-electron chi connectivity index (χ0n) is 12.8. The van der Waals surface area contributed by atoms with Crippen LogP contribution in [0.2, 0.25) is 0 Å². The first kappa shape index (κ1) is 14.7. The molecule has 1 amide bonds. The number of nitrogens with one attached hydrogen (secondary N) is 1. The van der Waals surface area contributed by atoms with Crippen molar-refractivity contribution in [2.45, 2.75) is 0 Å². The minimum atomic E-state index is -0.563. The summed E-state index contributed by atoms with van der Waals surface area (Å²) in [6, 6.07) is 6.19. The second-order valence-electron chi connectivity index (χ2n) is 5.12. The van der Waals surface area contributed by atoms with Crippen LogP contribution in [-0.2, 0) is 21.1 Å². The highest BCUT2D eigenvalue weighted by Gasteiger charge is 2.14. The summed E-state index contributed by atoms with van der Waals surface area (Å²) in [5, 5.41) is 10.9. The predicted molar refractivity (Wildman–Crippen MR) is 83.4 cm³/mol. The lowest BCUT2D eigenvalue weighted by atomic mass is 10.2. The van der Waals surface area contributed by atoms with Gasteiger partial charge in [0.25, 0.3) is 11.5 Å². The number of carbonyl (C=O) groups is 1. The van der Waals surface area contributed by atoms with Crippen LogP contribution in [0, 0.1) is 0 Å². The molecule has 118 valence electrons. The lowest BCUT2D eigenvalue weighted by molar-refractivity contribution is 0.101. The van der Waals surface area contributed by atoms with Gasteiger partial charge in [-0.2, -0.15) is 15.0 Å². The Kier molecular flexibility index (Phi) is 3.32. The van der Waals surface area contributed by atoms with Crippen molar-refractivity contribution in [1.29, 1.82) is 0 Å². The van der Waals surface area contributed by atoms with Crippen LogP contribution < -0.4 is 16.6 Å². The van der Waals surface area contributed by atoms with Crippen LogP contribution in [0.1, 0.15) is 10.5 Å². The van der Waals surface area contributed by atoms with Gasteiger partial charge in [-0.3, -0.25) is 18.7 Å². The van der Waals surface area contributed by atoms with Crippen molar-refractivity contribution in [3.05, 3.63) is 50.8 Å². The summed E-state index contributed by atoms with van der Waals surface area (Å²) in [6.07, 6.45) is 0. The maximum absolute atomic E-state index is 12.3. The van der Waals surface area contributed by atoms with Gasteiger partial charge in [0.05, 0.1) is 0 Å². The van der Waals surface area contributed by atoms with Gasteiger partial charge in [0.15, 0.2) is 0 Å². The average Bonchev–Trinajstić information content (AvgIpc) is 2.88. The Balaban J connectivity index is 1.97. The maximum atomic E-state index is 12.3. The monoisotopic (exact) mass is 314 g/mol. The van der Waals surface area contributed by atoms with E-state index in [-0.39, 0.29) is 5.69 Å². The summed E-state index contributed by atoms with van der Waals surface area (Å²) in [5.74, 6) is -0.550. The molecule has 0 bridgehead atoms. The Morgan fingerprint density at radius 3 is 2.43 bits per heavy atom. The van der Waals surface area contributed by atoms with Gasteiger partial charge >= 0.3 is 5.69 Å². The highest BCUT2D eigenvalue weighted by atomic mass is 16.2. The van der Waals surface area contributed by atoms with Gasteiger partial charge in [0.1, 0.15) is 16.7 Å². The number of aromatic nitrogens is 5. The molecule has 0 unspecified atom stereocenters. The molecule has 0 atom stereocenters. The number of hydrogen-bond donors (Lipinski definition) is 1. The van der Waals surface area contributed by atoms with E-state index in [2.05, 4.69) is 15.5 Å². The summed E-state index contributed by atoms with van der Waals surface area (Å²) in [6.45, 7) is 0. The molecule has 2 heterocycles. The Morgan fingerprint density at radius 2 is 1.70 bits per heavy atom. The van der Waals surface area contributed by atoms with Crippen LogP contribution in [0.15, 0.2) is 33.9 Å². The number of benzene rings is 1. The molecule has 1 aromatic carbocycles. The third kappa shape index (κ3) is 2.52. The van der Waals surface area contributed by atoms with Gasteiger partial charge < -0.3 is 5.32 Å². The molecule has 0 aliphatic rings. The number of carbonyl (C=O) groups excluding carboxylic acids is 1. The third-order valence-electron chi connectivity index (χ3n) is 3.50. The Bertz CT molecular complexity index is 1040. The van der Waals surface area contributed by atoms with Crippen LogP contribution in [0.4, 0.5) is 5.69 Å². The molecule has 0 radical (unpaired) electrons. The van der Waals surface area contributed by atoms with E-state index in [1.165, 1.54) is 18.9 Å². The Morgan fingerprint density at radius 1 is 1.00 bits per heavy atom. The fraction of sp³-hybridized carbons (Fsp3) is 0.214. The van der Waals surface area contributed by atoms with Crippen molar-refractivity contribution in [1.82, 2.24) is 24.1 Å². The van der Waals surface area contributed by atoms with Crippen LogP contribution in [0.3, 0.4) is 0 Å². The number of aryl methyl sites for hydroxylation is 1. The van der Waals surface area contributed by atoms with Crippen molar-refractivity contribution >= 4 is 22.6 Å². The molecular formula is C14H14N6O3. The van der Waals surface area contributed by atoms with Crippen LogP contribution in [0.25, 0.3) is 11.0 Å². The van der Waals surface area contributed by atoms with Gasteiger partial charge in [-0.05, 0) is 18.2 Å². The van der Waals surface area contributed by atoms with E-state index in [0.29, 0.717) is 16.7 Å². The quantitative estimate of drug-likeness (QED) is 0.694. The van der Waals surface area contributed by atoms with Crippen molar-refractivity contribution in [2.75, 3.05) is 5.32 Å². The van der Waals surface area contributed by atoms with Crippen LogP contribution >= 0.6 is 0 Å². The fourth-order valence-corrected chi connectivity index (χ4v) is 2.25. The van der Waals surface area contributed by atoms with E-state index in [9.17, 15) is 14.4 Å². The minimum absolute atomic E-state index is 0.0163. The topological polar surface area (TPSA) is 104 Å². The summed E-state index contributed by atoms with van der Waals surface area (Å²) in [5.41, 5.74) is 0.706. The first-order valence-electron chi connectivity index (χ1n) is 6.76. The lowest BCUT2D eigenvalue weighted by Gasteiger charge is -2.09. The van der Waals surface area contributed by atoms with Crippen molar-refractivity contribution in [3.8, 4) is 0 Å². The van der Waals surface area contributed by atoms with Crippen molar-refractivity contribution < 1.29 is 4.79 Å². The first-order chi connectivity index (χ1) is 10.9. The van der Waals surface area contributed by atoms with E-state index < -0.39 is 17.2 Å². The molecule has 9 nitrogen and oxygen atoms in total. The Labute approximate surface area is 129 Å². The summed E-state index contributed by atoms with van der Waals surface area (Å²) < 4.78 is 2.06. The third-order valence-corrected chi connectivity index (χ3v) is 3.50. The second kappa shape index (κ2) is 5.20. The zero-order valence-corrected chi connectivity index (χ0v) is 12.8. The molecule has 0 spiro atoms. The number of rotatable bonds is 2. The molecule has 0 aliphatic heterocycles. The molecule has 2 aromatic heterocycles. The average molecular weight is 314 g/mol. The van der Waals surface area contributed by atoms with Crippen molar-refractivity contribution in [2.24, 2.45) is 21.1 Å². The summed E-state index contributed by atoms with van der Waals surface area (Å²) >= 11 is 0. The molecule has 3 rings (SSSR count). The van der Waals surface area contributed by atoms with E-state index in [4.69, 9.17) is 0 Å². The van der Waals surface area contributed by atoms with Gasteiger partial charge in [-0.1, -0.05) is 0 Å². The van der Waals surface area contributed by atoms with Crippen LogP contribution in [-0.4, -0.2) is 30.0 Å². The normalized spacial score (nSPS) is 10.9. The van der Waals surface area contributed by atoms with Crippen LogP contribution in [0.5, 0.6) is 0 Å². The fourth-order valence-electron chi connectivity index (χ4n) is 2.25. The zero-order chi connectivity index (χ0) is 16.7. The maximum Gasteiger partial charge on any atom is 0.331 e. The smallest absolute Gasteiger partial charge is 0.321 e. The molecule has 0 saturated heterocycles. The molecule has 0 fully saturated rings. The van der Waals surface area contributed by atoms with E-state index in [1.807, 2.05) is 0 Å². The second-order valence-corrected chi connectivity index (χ2v) is 5.12. The molecule has 1 N–H and O–H groups in total. The van der Waals surface area contributed by atoms with E-state index in [0.717, 1.165) is 15.2 Å².